The third kappa shape index (κ3) is 5.50. The summed E-state index contributed by atoms with van der Waals surface area (Å²) >= 11 is 18.2. The molecule has 0 aliphatic rings. The molecule has 2 aromatic rings. The summed E-state index contributed by atoms with van der Waals surface area (Å²) in [6.07, 6.45) is -0.746. The van der Waals surface area contributed by atoms with E-state index in [1.54, 1.807) is 7.11 Å². The maximum atomic E-state index is 12.2. The zero-order valence-corrected chi connectivity index (χ0v) is 17.3. The zero-order chi connectivity index (χ0) is 20.7. The topological polar surface area (TPSA) is 97.8 Å². The van der Waals surface area contributed by atoms with Crippen molar-refractivity contribution in [2.24, 2.45) is 0 Å². The molecule has 2 rings (SSSR count). The van der Waals surface area contributed by atoms with Gasteiger partial charge in [-0.15, -0.1) is 0 Å². The quantitative estimate of drug-likeness (QED) is 0.436. The van der Waals surface area contributed by atoms with Crippen molar-refractivity contribution < 1.29 is 23.4 Å². The van der Waals surface area contributed by atoms with Gasteiger partial charge in [-0.3, -0.25) is 0 Å². The van der Waals surface area contributed by atoms with Crippen molar-refractivity contribution in [1.82, 2.24) is 4.98 Å². The minimum atomic E-state index is -0.746. The maximum absolute atomic E-state index is 12.2. The normalized spacial score (nSPS) is 10.6. The van der Waals surface area contributed by atoms with E-state index in [1.165, 1.54) is 19.2 Å². The van der Waals surface area contributed by atoms with Crippen molar-refractivity contribution in [3.05, 3.63) is 32.9 Å². The Kier molecular flexibility index (Phi) is 8.35. The first kappa shape index (κ1) is 22.3. The van der Waals surface area contributed by atoms with Gasteiger partial charge in [-0.1, -0.05) is 34.8 Å². The molecule has 1 amide bonds. The Morgan fingerprint density at radius 2 is 1.96 bits per heavy atom. The lowest BCUT2D eigenvalue weighted by atomic mass is 10.2. The third-order valence-corrected chi connectivity index (χ3v) is 4.42. The van der Waals surface area contributed by atoms with Crippen LogP contribution in [0, 0.1) is 11.3 Å². The molecule has 0 saturated heterocycles. The van der Waals surface area contributed by atoms with Gasteiger partial charge < -0.3 is 18.6 Å². The van der Waals surface area contributed by atoms with Crippen molar-refractivity contribution in [1.29, 1.82) is 5.26 Å². The predicted molar refractivity (Wildman–Crippen MR) is 104 cm³/mol. The first-order chi connectivity index (χ1) is 13.4. The van der Waals surface area contributed by atoms with Gasteiger partial charge in [0.25, 0.3) is 0 Å². The Balaban J connectivity index is 2.14. The molecule has 0 aliphatic heterocycles. The number of hydrogen-bond acceptors (Lipinski definition) is 7. The lowest BCUT2D eigenvalue weighted by Crippen LogP contribution is -2.28. The Labute approximate surface area is 176 Å². The molecule has 150 valence electrons. The van der Waals surface area contributed by atoms with E-state index in [2.05, 4.69) is 4.98 Å². The molecule has 0 aliphatic carbocycles. The second-order valence-corrected chi connectivity index (χ2v) is 6.53. The van der Waals surface area contributed by atoms with Crippen LogP contribution in [-0.2, 0) is 14.2 Å². The number of anilines is 1. The molecule has 0 N–H and O–H groups in total. The van der Waals surface area contributed by atoms with E-state index in [0.29, 0.717) is 18.2 Å². The molecule has 0 spiro atoms. The Morgan fingerprint density at radius 3 is 2.64 bits per heavy atom. The van der Waals surface area contributed by atoms with Gasteiger partial charge in [0.2, 0.25) is 17.5 Å². The number of ether oxygens (including phenoxy) is 3. The molecular weight excluding hydrogens is 433 g/mol. The first-order valence-electron chi connectivity index (χ1n) is 7.92. The highest BCUT2D eigenvalue weighted by Crippen LogP contribution is 2.38. The molecule has 0 unspecified atom stereocenters. The van der Waals surface area contributed by atoms with Crippen LogP contribution in [0.1, 0.15) is 5.69 Å². The van der Waals surface area contributed by atoms with Crippen LogP contribution in [0.15, 0.2) is 16.5 Å². The van der Waals surface area contributed by atoms with E-state index in [-0.39, 0.29) is 46.3 Å². The number of nitrogens with zero attached hydrogens (tertiary/aromatic N) is 3. The Morgan fingerprint density at radius 1 is 1.25 bits per heavy atom. The van der Waals surface area contributed by atoms with Crippen LogP contribution in [-0.4, -0.2) is 51.7 Å². The molecular formula is C17H16Cl3N3O5. The molecule has 0 radical (unpaired) electrons. The monoisotopic (exact) mass is 447 g/mol. The lowest BCUT2D eigenvalue weighted by Gasteiger charge is -2.14. The minimum Gasteiger partial charge on any atom is -0.447 e. The summed E-state index contributed by atoms with van der Waals surface area (Å²) in [5.41, 5.74) is 0.160. The van der Waals surface area contributed by atoms with Crippen LogP contribution in [0.25, 0.3) is 11.5 Å². The molecule has 1 aromatic heterocycles. The molecule has 0 bridgehead atoms. The number of rotatable bonds is 8. The number of oxazole rings is 1. The maximum Gasteiger partial charge on any atom is 0.416 e. The van der Waals surface area contributed by atoms with Gasteiger partial charge in [0.15, 0.2) is 0 Å². The number of benzene rings is 1. The smallest absolute Gasteiger partial charge is 0.416 e. The van der Waals surface area contributed by atoms with Crippen molar-refractivity contribution in [3.8, 4) is 17.5 Å². The van der Waals surface area contributed by atoms with Crippen LogP contribution in [0.3, 0.4) is 0 Å². The Bertz CT molecular complexity index is 882. The fourth-order valence-corrected chi connectivity index (χ4v) is 2.73. The van der Waals surface area contributed by atoms with Gasteiger partial charge in [-0.25, -0.2) is 9.69 Å². The van der Waals surface area contributed by atoms with Gasteiger partial charge in [-0.05, 0) is 12.1 Å². The highest BCUT2D eigenvalue weighted by molar-refractivity contribution is 6.44. The third-order valence-electron chi connectivity index (χ3n) is 3.40. The fourth-order valence-electron chi connectivity index (χ4n) is 2.05. The predicted octanol–water partition coefficient (Wildman–Crippen LogP) is 4.41. The zero-order valence-electron chi connectivity index (χ0n) is 15.0. The Hall–Kier alpha value is -2.02. The number of carbonyl (C=O) groups is 1. The SMILES string of the molecule is COCCOCCOC(=O)N(C)c1oc(-c2cc(Cl)cc(Cl)c2Cl)nc1C#N. The average Bonchev–Trinajstić information content (AvgIpc) is 3.10. The molecule has 11 heteroatoms. The van der Waals surface area contributed by atoms with Crippen LogP contribution in [0.2, 0.25) is 15.1 Å². The van der Waals surface area contributed by atoms with Crippen molar-refractivity contribution in [2.45, 2.75) is 0 Å². The van der Waals surface area contributed by atoms with Crippen molar-refractivity contribution in [3.63, 3.8) is 0 Å². The van der Waals surface area contributed by atoms with Gasteiger partial charge in [0.05, 0.1) is 35.4 Å². The van der Waals surface area contributed by atoms with Crippen molar-refractivity contribution >= 4 is 46.8 Å². The van der Waals surface area contributed by atoms with E-state index in [1.807, 2.05) is 6.07 Å². The summed E-state index contributed by atoms with van der Waals surface area (Å²) in [6.45, 7) is 1.05. The van der Waals surface area contributed by atoms with E-state index in [4.69, 9.17) is 53.4 Å². The highest BCUT2D eigenvalue weighted by atomic mass is 35.5. The van der Waals surface area contributed by atoms with Gasteiger partial charge in [-0.2, -0.15) is 10.2 Å². The summed E-state index contributed by atoms with van der Waals surface area (Å²) in [6, 6.07) is 4.81. The van der Waals surface area contributed by atoms with E-state index >= 15 is 0 Å². The van der Waals surface area contributed by atoms with Crippen LogP contribution in [0.4, 0.5) is 10.7 Å². The van der Waals surface area contributed by atoms with Gasteiger partial charge in [0.1, 0.15) is 12.7 Å². The second kappa shape index (κ2) is 10.5. The number of hydrogen-bond donors (Lipinski definition) is 0. The van der Waals surface area contributed by atoms with Crippen LogP contribution < -0.4 is 4.90 Å². The molecule has 0 atom stereocenters. The molecule has 1 heterocycles. The fraction of sp³-hybridized carbons (Fsp3) is 0.353. The van der Waals surface area contributed by atoms with E-state index in [9.17, 15) is 10.1 Å². The number of halogens is 3. The first-order valence-corrected chi connectivity index (χ1v) is 9.05. The van der Waals surface area contributed by atoms with Gasteiger partial charge in [0, 0.05) is 19.2 Å². The van der Waals surface area contributed by atoms with E-state index in [0.717, 1.165) is 4.90 Å². The summed E-state index contributed by atoms with van der Waals surface area (Å²) in [5.74, 6) is -0.113. The summed E-state index contributed by atoms with van der Waals surface area (Å²) < 4.78 is 20.7. The molecule has 0 saturated carbocycles. The number of nitriles is 1. The molecule has 1 aromatic carbocycles. The summed E-state index contributed by atoms with van der Waals surface area (Å²) in [7, 11) is 2.94. The number of methoxy groups -OCH3 is 1. The molecule has 0 fully saturated rings. The number of aromatic nitrogens is 1. The molecule has 8 nitrogen and oxygen atoms in total. The highest BCUT2D eigenvalue weighted by Gasteiger charge is 2.25. The number of amides is 1. The second-order valence-electron chi connectivity index (χ2n) is 5.31. The largest absolute Gasteiger partial charge is 0.447 e. The van der Waals surface area contributed by atoms with Crippen LogP contribution >= 0.6 is 34.8 Å². The summed E-state index contributed by atoms with van der Waals surface area (Å²) in [5, 5.41) is 9.98. The lowest BCUT2D eigenvalue weighted by molar-refractivity contribution is 0.0435. The van der Waals surface area contributed by atoms with Crippen molar-refractivity contribution in [2.75, 3.05) is 45.5 Å². The van der Waals surface area contributed by atoms with Gasteiger partial charge >= 0.3 is 6.09 Å². The summed E-state index contributed by atoms with van der Waals surface area (Å²) in [4.78, 5) is 17.3. The molecule has 28 heavy (non-hydrogen) atoms. The van der Waals surface area contributed by atoms with Crippen LogP contribution in [0.5, 0.6) is 0 Å². The standard InChI is InChI=1S/C17H16Cl3N3O5/c1-23(17(24)27-6-5-26-4-3-25-2)16-13(9-21)22-15(28-16)11-7-10(18)8-12(19)14(11)20/h7-8H,3-6H2,1-2H3. The average molecular weight is 449 g/mol. The minimum absolute atomic E-state index is 0.0106. The van der Waals surface area contributed by atoms with E-state index < -0.39 is 6.09 Å². The number of carbonyl (C=O) groups excluding carboxylic acids is 1.